The zero-order valence-corrected chi connectivity index (χ0v) is 21.4. The van der Waals surface area contributed by atoms with Gasteiger partial charge >= 0.3 is 6.09 Å². The number of hydrogen-bond donors (Lipinski definition) is 2. The monoisotopic (exact) mass is 539 g/mol. The molecule has 2 fully saturated rings. The number of aliphatic imine (C=N–C) groups is 1. The molecule has 2 aliphatic rings. The van der Waals surface area contributed by atoms with E-state index in [1.165, 1.54) is 17.7 Å². The van der Waals surface area contributed by atoms with Crippen LogP contribution in [-0.4, -0.2) is 92.4 Å². The van der Waals surface area contributed by atoms with Crippen molar-refractivity contribution in [1.29, 1.82) is 0 Å². The summed E-state index contributed by atoms with van der Waals surface area (Å²) in [6.07, 6.45) is 4.02. The molecule has 0 aromatic heterocycles. The van der Waals surface area contributed by atoms with E-state index in [0.717, 1.165) is 12.8 Å². The van der Waals surface area contributed by atoms with Gasteiger partial charge in [-0.1, -0.05) is 12.8 Å². The van der Waals surface area contributed by atoms with E-state index in [1.54, 1.807) is 26.1 Å². The first-order valence-electron chi connectivity index (χ1n) is 10.4. The molecule has 0 aromatic carbocycles. The van der Waals surface area contributed by atoms with Gasteiger partial charge in [-0.2, -0.15) is 0 Å². The molecule has 10 heteroatoms. The lowest BCUT2D eigenvalue weighted by molar-refractivity contribution is -0.127. The van der Waals surface area contributed by atoms with Crippen LogP contribution < -0.4 is 10.6 Å². The molecule has 2 rings (SSSR count). The fourth-order valence-corrected chi connectivity index (χ4v) is 3.49. The first kappa shape index (κ1) is 26.7. The number of ether oxygens (including phenoxy) is 2. The van der Waals surface area contributed by atoms with Gasteiger partial charge in [-0.05, 0) is 33.6 Å². The minimum atomic E-state index is -0.547. The Morgan fingerprint density at radius 2 is 1.77 bits per heavy atom. The van der Waals surface area contributed by atoms with Crippen molar-refractivity contribution in [3.63, 3.8) is 0 Å². The normalized spacial score (nSPS) is 22.5. The third-order valence-electron chi connectivity index (χ3n) is 5.11. The van der Waals surface area contributed by atoms with Crippen molar-refractivity contribution in [3.8, 4) is 0 Å². The van der Waals surface area contributed by atoms with Crippen molar-refractivity contribution in [2.45, 2.75) is 70.2 Å². The van der Waals surface area contributed by atoms with Crippen LogP contribution >= 0.6 is 24.0 Å². The lowest BCUT2D eigenvalue weighted by atomic mass is 10.2. The van der Waals surface area contributed by atoms with E-state index in [9.17, 15) is 9.59 Å². The van der Waals surface area contributed by atoms with Gasteiger partial charge in [-0.3, -0.25) is 4.79 Å². The Morgan fingerprint density at radius 3 is 2.30 bits per heavy atom. The number of guanidine groups is 1. The molecule has 2 amide bonds. The summed E-state index contributed by atoms with van der Waals surface area (Å²) in [5.74, 6) is 0.521. The highest BCUT2D eigenvalue weighted by Crippen LogP contribution is 2.19. The summed E-state index contributed by atoms with van der Waals surface area (Å²) in [5.41, 5.74) is -0.547. The lowest BCUT2D eigenvalue weighted by Crippen LogP contribution is -2.51. The number of methoxy groups -OCH3 is 1. The molecule has 0 aromatic rings. The van der Waals surface area contributed by atoms with Crippen LogP contribution in [0.5, 0.6) is 0 Å². The summed E-state index contributed by atoms with van der Waals surface area (Å²) in [6.45, 7) is 6.50. The van der Waals surface area contributed by atoms with Crippen LogP contribution in [0, 0.1) is 0 Å². The molecule has 0 spiro atoms. The number of amides is 2. The van der Waals surface area contributed by atoms with Crippen LogP contribution in [0.2, 0.25) is 0 Å². The van der Waals surface area contributed by atoms with Crippen LogP contribution in [0.4, 0.5) is 4.79 Å². The van der Waals surface area contributed by atoms with Gasteiger partial charge in [0.1, 0.15) is 12.1 Å². The third-order valence-corrected chi connectivity index (χ3v) is 5.11. The molecule has 0 radical (unpaired) electrons. The van der Waals surface area contributed by atoms with E-state index in [2.05, 4.69) is 15.6 Å². The summed E-state index contributed by atoms with van der Waals surface area (Å²) in [5, 5.41) is 6.82. The molecule has 30 heavy (non-hydrogen) atoms. The van der Waals surface area contributed by atoms with Crippen molar-refractivity contribution in [3.05, 3.63) is 0 Å². The third kappa shape index (κ3) is 8.44. The fraction of sp³-hybridized carbons (Fsp3) is 0.850. The Morgan fingerprint density at radius 1 is 1.13 bits per heavy atom. The van der Waals surface area contributed by atoms with Gasteiger partial charge in [0.15, 0.2) is 5.96 Å². The number of likely N-dealkylation sites (N-methyl/N-ethyl adjacent to an activating group) is 1. The predicted octanol–water partition coefficient (Wildman–Crippen LogP) is 1.80. The van der Waals surface area contributed by atoms with Crippen molar-refractivity contribution in [2.24, 2.45) is 4.99 Å². The quantitative estimate of drug-likeness (QED) is 0.315. The molecule has 9 nitrogen and oxygen atoms in total. The lowest BCUT2D eigenvalue weighted by Gasteiger charge is -2.25. The summed E-state index contributed by atoms with van der Waals surface area (Å²) in [6, 6.07) is 0.203. The Kier molecular flexibility index (Phi) is 10.6. The summed E-state index contributed by atoms with van der Waals surface area (Å²) in [7, 11) is 5.06. The Labute approximate surface area is 197 Å². The average Bonchev–Trinajstić information content (AvgIpc) is 3.27. The molecule has 1 aliphatic heterocycles. The molecular weight excluding hydrogens is 501 g/mol. The number of nitrogens with one attached hydrogen (secondary N) is 2. The number of carbonyl (C=O) groups excluding carboxylic acids is 2. The van der Waals surface area contributed by atoms with Gasteiger partial charge in [0.25, 0.3) is 0 Å². The van der Waals surface area contributed by atoms with Gasteiger partial charge in [-0.25, -0.2) is 9.79 Å². The molecule has 0 bridgehead atoms. The smallest absolute Gasteiger partial charge is 0.410 e. The summed E-state index contributed by atoms with van der Waals surface area (Å²) >= 11 is 0. The summed E-state index contributed by atoms with van der Waals surface area (Å²) in [4.78, 5) is 32.1. The number of halogens is 1. The number of hydrogen-bond acceptors (Lipinski definition) is 5. The number of carbonyl (C=O) groups is 2. The molecule has 1 unspecified atom stereocenters. The second kappa shape index (κ2) is 11.9. The minimum Gasteiger partial charge on any atom is -0.444 e. The Bertz CT molecular complexity index is 602. The van der Waals surface area contributed by atoms with Crippen molar-refractivity contribution in [2.75, 3.05) is 40.8 Å². The highest BCUT2D eigenvalue weighted by molar-refractivity contribution is 14.0. The highest BCUT2D eigenvalue weighted by Gasteiger charge is 2.38. The minimum absolute atomic E-state index is 0. The molecule has 1 heterocycles. The molecule has 1 saturated carbocycles. The van der Waals surface area contributed by atoms with Gasteiger partial charge in [-0.15, -0.1) is 24.0 Å². The van der Waals surface area contributed by atoms with Crippen molar-refractivity contribution < 1.29 is 19.1 Å². The van der Waals surface area contributed by atoms with Crippen molar-refractivity contribution in [1.82, 2.24) is 20.4 Å². The molecular formula is C20H38IN5O4. The first-order chi connectivity index (χ1) is 13.6. The second-order valence-corrected chi connectivity index (χ2v) is 8.99. The van der Waals surface area contributed by atoms with Gasteiger partial charge in [0.2, 0.25) is 5.91 Å². The molecule has 2 atom stereocenters. The van der Waals surface area contributed by atoms with E-state index >= 15 is 0 Å². The van der Waals surface area contributed by atoms with E-state index in [-0.39, 0.29) is 54.7 Å². The van der Waals surface area contributed by atoms with Crippen LogP contribution in [0.3, 0.4) is 0 Å². The maximum Gasteiger partial charge on any atom is 0.410 e. The van der Waals surface area contributed by atoms with Gasteiger partial charge < -0.3 is 29.9 Å². The van der Waals surface area contributed by atoms with E-state index in [4.69, 9.17) is 9.47 Å². The first-order valence-corrected chi connectivity index (χ1v) is 10.4. The number of nitrogens with zero attached hydrogens (tertiary/aromatic N) is 3. The SMILES string of the molecule is CO[C@H]1CN(C(=O)OC(C)(C)C)CC1NC(=NCC(=O)N(C)C)NC1CCCC1.I. The Balaban J connectivity index is 0.00000450. The fourth-order valence-electron chi connectivity index (χ4n) is 3.49. The molecule has 1 aliphatic carbocycles. The van der Waals surface area contributed by atoms with E-state index in [0.29, 0.717) is 25.1 Å². The van der Waals surface area contributed by atoms with Crippen LogP contribution in [0.15, 0.2) is 4.99 Å². The largest absolute Gasteiger partial charge is 0.444 e. The predicted molar refractivity (Wildman–Crippen MR) is 127 cm³/mol. The van der Waals surface area contributed by atoms with Crippen molar-refractivity contribution >= 4 is 41.9 Å². The zero-order valence-electron chi connectivity index (χ0n) is 19.1. The second-order valence-electron chi connectivity index (χ2n) is 8.99. The average molecular weight is 539 g/mol. The van der Waals surface area contributed by atoms with Crippen LogP contribution in [-0.2, 0) is 14.3 Å². The Hall–Kier alpha value is -1.30. The maximum absolute atomic E-state index is 12.4. The van der Waals surface area contributed by atoms with Crippen LogP contribution in [0.25, 0.3) is 0 Å². The number of likely N-dealkylation sites (tertiary alicyclic amines) is 1. The molecule has 2 N–H and O–H groups in total. The van der Waals surface area contributed by atoms with Gasteiger partial charge in [0, 0.05) is 33.8 Å². The standard InChI is InChI=1S/C20H37N5O4.HI/c1-20(2,3)29-19(27)25-12-15(16(13-25)28-6)23-18(21-11-17(26)24(4)5)22-14-9-7-8-10-14;/h14-16H,7-13H2,1-6H3,(H2,21,22,23);1H/t15?,16-;/m0./s1. The summed E-state index contributed by atoms with van der Waals surface area (Å²) < 4.78 is 11.1. The topological polar surface area (TPSA) is 95.5 Å². The maximum atomic E-state index is 12.4. The van der Waals surface area contributed by atoms with Gasteiger partial charge in [0.05, 0.1) is 18.7 Å². The zero-order chi connectivity index (χ0) is 21.6. The molecule has 174 valence electrons. The van der Waals surface area contributed by atoms with E-state index < -0.39 is 5.60 Å². The van der Waals surface area contributed by atoms with E-state index in [1.807, 2.05) is 20.8 Å². The molecule has 1 saturated heterocycles. The van der Waals surface area contributed by atoms with Crippen LogP contribution in [0.1, 0.15) is 46.5 Å². The number of rotatable bonds is 5. The highest BCUT2D eigenvalue weighted by atomic mass is 127.